The van der Waals surface area contributed by atoms with Crippen LogP contribution >= 0.6 is 11.8 Å². The Morgan fingerprint density at radius 1 is 1.60 bits per heavy atom. The summed E-state index contributed by atoms with van der Waals surface area (Å²) in [5.41, 5.74) is 6.80. The van der Waals surface area contributed by atoms with Crippen molar-refractivity contribution in [2.75, 3.05) is 11.5 Å². The number of hydrogen-bond acceptors (Lipinski definition) is 4. The zero-order valence-electron chi connectivity index (χ0n) is 8.44. The lowest BCUT2D eigenvalue weighted by Gasteiger charge is -2.10. The topological polar surface area (TPSA) is 62.7 Å². The lowest BCUT2D eigenvalue weighted by molar-refractivity contribution is 0.604. The number of nitrogens with two attached hydrogens (primary N) is 1. The van der Waals surface area contributed by atoms with Crippen LogP contribution in [-0.2, 0) is 0 Å². The third-order valence-electron chi connectivity index (χ3n) is 2.76. The number of thioether (sulfide) groups is 1. The van der Waals surface area contributed by atoms with Crippen molar-refractivity contribution in [3.63, 3.8) is 0 Å². The van der Waals surface area contributed by atoms with Crippen molar-refractivity contribution in [2.24, 2.45) is 5.41 Å². The molecule has 1 aromatic heterocycles. The number of hydrogen-bond donors (Lipinski definition) is 1. The molecule has 1 aliphatic carbocycles. The van der Waals surface area contributed by atoms with Crippen molar-refractivity contribution in [1.29, 1.82) is 5.26 Å². The van der Waals surface area contributed by atoms with E-state index in [-0.39, 0.29) is 5.41 Å². The minimum Gasteiger partial charge on any atom is -0.397 e. The molecule has 0 amide bonds. The molecule has 0 bridgehead atoms. The first-order valence-electron chi connectivity index (χ1n) is 4.95. The maximum atomic E-state index is 8.70. The summed E-state index contributed by atoms with van der Waals surface area (Å²) in [5, 5.41) is 8.70. The van der Waals surface area contributed by atoms with E-state index >= 15 is 0 Å². The Labute approximate surface area is 93.7 Å². The minimum atomic E-state index is 0.273. The molecule has 0 aromatic carbocycles. The largest absolute Gasteiger partial charge is 0.397 e. The third kappa shape index (κ3) is 2.42. The molecule has 2 N–H and O–H groups in total. The van der Waals surface area contributed by atoms with Gasteiger partial charge >= 0.3 is 0 Å². The van der Waals surface area contributed by atoms with Crippen molar-refractivity contribution in [3.8, 4) is 6.07 Å². The Morgan fingerprint density at radius 2 is 2.40 bits per heavy atom. The Kier molecular flexibility index (Phi) is 2.83. The van der Waals surface area contributed by atoms with E-state index in [1.807, 2.05) is 6.07 Å². The lowest BCUT2D eigenvalue weighted by atomic mass is 10.1. The Hall–Kier alpha value is -1.21. The summed E-state index contributed by atoms with van der Waals surface area (Å²) >= 11 is 1.74. The molecule has 0 atom stereocenters. The number of aromatic nitrogens is 1. The highest BCUT2D eigenvalue weighted by molar-refractivity contribution is 7.99. The summed E-state index contributed by atoms with van der Waals surface area (Å²) in [6, 6.07) is 4.20. The molecule has 0 aliphatic heterocycles. The molecule has 0 unspecified atom stereocenters. The number of nitriles is 1. The van der Waals surface area contributed by atoms with E-state index in [4.69, 9.17) is 11.0 Å². The van der Waals surface area contributed by atoms with Gasteiger partial charge in [0, 0.05) is 23.3 Å². The lowest BCUT2D eigenvalue weighted by Crippen LogP contribution is -2.03. The molecular formula is C11H13N3S. The van der Waals surface area contributed by atoms with Gasteiger partial charge in [-0.3, -0.25) is 4.98 Å². The molecule has 4 heteroatoms. The van der Waals surface area contributed by atoms with Crippen LogP contribution in [0.4, 0.5) is 5.69 Å². The molecule has 1 aromatic rings. The van der Waals surface area contributed by atoms with Gasteiger partial charge in [0.25, 0.3) is 0 Å². The first-order chi connectivity index (χ1) is 7.26. The molecule has 0 spiro atoms. The number of nitrogens with zero attached hydrogens (tertiary/aromatic N) is 2. The van der Waals surface area contributed by atoms with Crippen LogP contribution in [0.5, 0.6) is 0 Å². The van der Waals surface area contributed by atoms with Crippen LogP contribution in [0.3, 0.4) is 0 Å². The van der Waals surface area contributed by atoms with Gasteiger partial charge < -0.3 is 5.73 Å². The van der Waals surface area contributed by atoms with Gasteiger partial charge in [-0.05, 0) is 24.3 Å². The highest BCUT2D eigenvalue weighted by Crippen LogP contribution is 2.51. The van der Waals surface area contributed by atoms with Crippen molar-refractivity contribution in [3.05, 3.63) is 18.5 Å². The highest BCUT2D eigenvalue weighted by atomic mass is 32.2. The molecule has 0 saturated heterocycles. The first-order valence-corrected chi connectivity index (χ1v) is 5.94. The van der Waals surface area contributed by atoms with Gasteiger partial charge in [-0.25, -0.2) is 0 Å². The van der Waals surface area contributed by atoms with Gasteiger partial charge in [-0.2, -0.15) is 5.26 Å². The average Bonchev–Trinajstić information content (AvgIpc) is 2.98. The van der Waals surface area contributed by atoms with Crippen molar-refractivity contribution in [1.82, 2.24) is 4.98 Å². The van der Waals surface area contributed by atoms with Crippen LogP contribution in [0.1, 0.15) is 19.3 Å². The summed E-state index contributed by atoms with van der Waals surface area (Å²) < 4.78 is 0. The highest BCUT2D eigenvalue weighted by Gasteiger charge is 2.42. The van der Waals surface area contributed by atoms with E-state index in [0.717, 1.165) is 16.3 Å². The minimum absolute atomic E-state index is 0.273. The smallest absolute Gasteiger partial charge is 0.0638 e. The van der Waals surface area contributed by atoms with Crippen LogP contribution in [0.2, 0.25) is 0 Å². The van der Waals surface area contributed by atoms with E-state index in [1.165, 1.54) is 12.8 Å². The summed E-state index contributed by atoms with van der Waals surface area (Å²) in [6.45, 7) is 0. The summed E-state index contributed by atoms with van der Waals surface area (Å²) in [6.07, 6.45) is 6.46. The van der Waals surface area contributed by atoms with E-state index in [1.54, 1.807) is 24.2 Å². The van der Waals surface area contributed by atoms with Crippen LogP contribution in [-0.4, -0.2) is 10.7 Å². The summed E-state index contributed by atoms with van der Waals surface area (Å²) in [7, 11) is 0. The molecule has 2 rings (SSSR count). The molecule has 1 heterocycles. The molecule has 1 saturated carbocycles. The van der Waals surface area contributed by atoms with E-state index in [0.29, 0.717) is 6.42 Å². The molecule has 1 aliphatic rings. The second-order valence-electron chi connectivity index (χ2n) is 4.04. The fraction of sp³-hybridized carbons (Fsp3) is 0.455. The van der Waals surface area contributed by atoms with Crippen molar-refractivity contribution < 1.29 is 0 Å². The van der Waals surface area contributed by atoms with E-state index in [2.05, 4.69) is 11.1 Å². The summed E-state index contributed by atoms with van der Waals surface area (Å²) in [4.78, 5) is 5.03. The maximum Gasteiger partial charge on any atom is 0.0638 e. The SMILES string of the molecule is N#CCC1(CSc2ccncc2N)CC1. The summed E-state index contributed by atoms with van der Waals surface area (Å²) in [5.74, 6) is 0.995. The number of anilines is 1. The Balaban J connectivity index is 1.94. The van der Waals surface area contributed by atoms with Crippen LogP contribution in [0, 0.1) is 16.7 Å². The first kappa shape index (κ1) is 10.3. The Bertz CT molecular complexity index is 393. The molecular weight excluding hydrogens is 206 g/mol. The molecule has 0 radical (unpaired) electrons. The van der Waals surface area contributed by atoms with Gasteiger partial charge in [0.2, 0.25) is 0 Å². The second kappa shape index (κ2) is 4.11. The van der Waals surface area contributed by atoms with Gasteiger partial charge in [0.15, 0.2) is 0 Å². The maximum absolute atomic E-state index is 8.70. The van der Waals surface area contributed by atoms with Crippen molar-refractivity contribution in [2.45, 2.75) is 24.2 Å². The van der Waals surface area contributed by atoms with Crippen LogP contribution in [0.25, 0.3) is 0 Å². The fourth-order valence-electron chi connectivity index (χ4n) is 1.47. The normalized spacial score (nSPS) is 17.0. The number of pyridine rings is 1. The third-order valence-corrected chi connectivity index (χ3v) is 4.19. The number of nitrogen functional groups attached to an aromatic ring is 1. The van der Waals surface area contributed by atoms with Gasteiger partial charge in [0.1, 0.15) is 0 Å². The fourth-order valence-corrected chi connectivity index (χ4v) is 2.70. The zero-order valence-corrected chi connectivity index (χ0v) is 9.26. The second-order valence-corrected chi connectivity index (χ2v) is 5.05. The molecule has 1 fully saturated rings. The standard InChI is InChI=1S/C11H13N3S/c12-5-4-11(2-3-11)8-15-10-1-6-14-7-9(10)13/h1,6-7H,2-4,8,13H2. The monoisotopic (exact) mass is 219 g/mol. The van der Waals surface area contributed by atoms with Gasteiger partial charge in [-0.15, -0.1) is 11.8 Å². The zero-order chi connectivity index (χ0) is 10.7. The van der Waals surface area contributed by atoms with E-state index < -0.39 is 0 Å². The van der Waals surface area contributed by atoms with Crippen LogP contribution < -0.4 is 5.73 Å². The Morgan fingerprint density at radius 3 is 3.00 bits per heavy atom. The number of rotatable bonds is 4. The van der Waals surface area contributed by atoms with Gasteiger partial charge in [-0.1, -0.05) is 0 Å². The molecule has 15 heavy (non-hydrogen) atoms. The predicted molar refractivity (Wildman–Crippen MR) is 61.3 cm³/mol. The van der Waals surface area contributed by atoms with Gasteiger partial charge in [0.05, 0.1) is 18.0 Å². The molecule has 78 valence electrons. The quantitative estimate of drug-likeness (QED) is 0.790. The molecule has 3 nitrogen and oxygen atoms in total. The average molecular weight is 219 g/mol. The predicted octanol–water partition coefficient (Wildman–Crippen LogP) is 2.45. The van der Waals surface area contributed by atoms with Crippen molar-refractivity contribution >= 4 is 17.4 Å². The van der Waals surface area contributed by atoms with Crippen LogP contribution in [0.15, 0.2) is 23.4 Å². The van der Waals surface area contributed by atoms with E-state index in [9.17, 15) is 0 Å².